The second-order valence-corrected chi connectivity index (χ2v) is 21.0. The minimum absolute atomic E-state index is 0.0628. The average Bonchev–Trinajstić information content (AvgIpc) is 3.29. The topological polar surface area (TPSA) is 78.9 Å². The Balaban J connectivity index is 4.21. The first-order valence-corrected chi connectivity index (χ1v) is 29.3. The van der Waals surface area contributed by atoms with E-state index in [2.05, 4.69) is 34.6 Å². The molecule has 0 amide bonds. The molecule has 0 radical (unpaired) electrons. The fraction of sp³-hybridized carbons (Fsp3) is 0.949. The third-order valence-electron chi connectivity index (χ3n) is 13.8. The van der Waals surface area contributed by atoms with Gasteiger partial charge in [-0.25, -0.2) is 0 Å². The lowest BCUT2D eigenvalue weighted by molar-refractivity contribution is -0.167. The van der Waals surface area contributed by atoms with Crippen LogP contribution in [0.3, 0.4) is 0 Å². The molecule has 0 saturated heterocycles. The zero-order valence-electron chi connectivity index (χ0n) is 44.6. The Morgan fingerprint density at radius 1 is 0.323 bits per heavy atom. The normalized spacial score (nSPS) is 12.5. The number of esters is 3. The molecule has 0 aliphatic carbocycles. The summed E-state index contributed by atoms with van der Waals surface area (Å²) < 4.78 is 16.9. The maximum absolute atomic E-state index is 12.8. The van der Waals surface area contributed by atoms with Gasteiger partial charge in [-0.05, 0) is 31.1 Å². The molecule has 0 rings (SSSR count). The summed E-state index contributed by atoms with van der Waals surface area (Å²) in [5, 5.41) is 0. The van der Waals surface area contributed by atoms with Crippen LogP contribution in [0.4, 0.5) is 0 Å². The molecule has 0 heterocycles. The largest absolute Gasteiger partial charge is 0.462 e. The summed E-state index contributed by atoms with van der Waals surface area (Å²) >= 11 is 0. The van der Waals surface area contributed by atoms with Gasteiger partial charge in [0.25, 0.3) is 0 Å². The van der Waals surface area contributed by atoms with E-state index >= 15 is 0 Å². The molecule has 0 aliphatic heterocycles. The second kappa shape index (κ2) is 51.8. The van der Waals surface area contributed by atoms with Gasteiger partial charge in [0.2, 0.25) is 0 Å². The minimum Gasteiger partial charge on any atom is -0.462 e. The summed E-state index contributed by atoms with van der Waals surface area (Å²) in [7, 11) is 0. The van der Waals surface area contributed by atoms with Crippen LogP contribution >= 0.6 is 0 Å². The summed E-state index contributed by atoms with van der Waals surface area (Å²) in [4.78, 5) is 38.1. The third kappa shape index (κ3) is 51.6. The molecule has 0 aromatic rings. The maximum atomic E-state index is 12.8. The van der Waals surface area contributed by atoms with Crippen LogP contribution in [0.1, 0.15) is 330 Å². The van der Waals surface area contributed by atoms with E-state index in [-0.39, 0.29) is 31.1 Å². The Labute approximate surface area is 406 Å². The first kappa shape index (κ1) is 63.4. The lowest BCUT2D eigenvalue weighted by atomic mass is 9.99. The van der Waals surface area contributed by atoms with Gasteiger partial charge in [-0.3, -0.25) is 14.4 Å². The molecular formula is C59H114O6. The van der Waals surface area contributed by atoms with Gasteiger partial charge in [-0.2, -0.15) is 0 Å². The molecule has 0 aromatic heterocycles. The van der Waals surface area contributed by atoms with Crippen molar-refractivity contribution in [3.8, 4) is 0 Å². The minimum atomic E-state index is -0.762. The lowest BCUT2D eigenvalue weighted by Crippen LogP contribution is -2.30. The smallest absolute Gasteiger partial charge is 0.306 e. The van der Waals surface area contributed by atoms with Crippen molar-refractivity contribution in [3.05, 3.63) is 0 Å². The van der Waals surface area contributed by atoms with Gasteiger partial charge in [-0.1, -0.05) is 291 Å². The summed E-state index contributed by atoms with van der Waals surface area (Å²) in [5.74, 6) is 0.886. The first-order valence-electron chi connectivity index (χ1n) is 29.3. The molecule has 0 N–H and O–H groups in total. The fourth-order valence-electron chi connectivity index (χ4n) is 9.02. The lowest BCUT2D eigenvalue weighted by Gasteiger charge is -2.18. The SMILES string of the molecule is CCCCCCCCCCCCCCC(=O)OC[C@@H](COC(=O)CCCCCCCCCCCCCCCCCCCCC(C)CC)OC(=O)CCCCCCCCCCCCC(C)C. The molecule has 0 saturated carbocycles. The predicted molar refractivity (Wildman–Crippen MR) is 280 cm³/mol. The van der Waals surface area contributed by atoms with Crippen LogP contribution in [0, 0.1) is 11.8 Å². The third-order valence-corrected chi connectivity index (χ3v) is 13.8. The Kier molecular flexibility index (Phi) is 50.5. The molecule has 6 nitrogen and oxygen atoms in total. The first-order chi connectivity index (χ1) is 31.8. The highest BCUT2D eigenvalue weighted by atomic mass is 16.6. The average molecular weight is 920 g/mol. The van der Waals surface area contributed by atoms with Gasteiger partial charge in [0.15, 0.2) is 6.10 Å². The molecule has 0 bridgehead atoms. The molecule has 65 heavy (non-hydrogen) atoms. The van der Waals surface area contributed by atoms with Gasteiger partial charge in [0.1, 0.15) is 13.2 Å². The van der Waals surface area contributed by atoms with Crippen molar-refractivity contribution in [3.63, 3.8) is 0 Å². The number of ether oxygens (including phenoxy) is 3. The van der Waals surface area contributed by atoms with Crippen molar-refractivity contribution in [1.82, 2.24) is 0 Å². The molecule has 0 spiro atoms. The van der Waals surface area contributed by atoms with Crippen molar-refractivity contribution in [2.45, 2.75) is 336 Å². The molecule has 2 atom stereocenters. The van der Waals surface area contributed by atoms with Crippen molar-refractivity contribution >= 4 is 17.9 Å². The van der Waals surface area contributed by atoms with E-state index in [0.29, 0.717) is 19.3 Å². The molecule has 1 unspecified atom stereocenters. The maximum Gasteiger partial charge on any atom is 0.306 e. The van der Waals surface area contributed by atoms with Gasteiger partial charge in [-0.15, -0.1) is 0 Å². The summed E-state index contributed by atoms with van der Waals surface area (Å²) in [6.07, 6.45) is 55.2. The molecule has 0 fully saturated rings. The molecule has 6 heteroatoms. The summed E-state index contributed by atoms with van der Waals surface area (Å²) in [5.41, 5.74) is 0. The van der Waals surface area contributed by atoms with E-state index in [4.69, 9.17) is 14.2 Å². The van der Waals surface area contributed by atoms with E-state index in [1.54, 1.807) is 0 Å². The summed E-state index contributed by atoms with van der Waals surface area (Å²) in [6, 6.07) is 0. The van der Waals surface area contributed by atoms with Crippen LogP contribution in [0.15, 0.2) is 0 Å². The zero-order chi connectivity index (χ0) is 47.5. The fourth-order valence-corrected chi connectivity index (χ4v) is 9.02. The number of carbonyl (C=O) groups is 3. The van der Waals surface area contributed by atoms with Crippen LogP contribution in [-0.2, 0) is 28.6 Å². The van der Waals surface area contributed by atoms with Gasteiger partial charge in [0, 0.05) is 19.3 Å². The summed E-state index contributed by atoms with van der Waals surface area (Å²) in [6.45, 7) is 11.4. The van der Waals surface area contributed by atoms with Crippen molar-refractivity contribution in [2.75, 3.05) is 13.2 Å². The van der Waals surface area contributed by atoms with E-state index in [1.165, 1.54) is 218 Å². The Hall–Kier alpha value is -1.59. The van der Waals surface area contributed by atoms with Gasteiger partial charge < -0.3 is 14.2 Å². The molecule has 0 aromatic carbocycles. The van der Waals surface area contributed by atoms with Gasteiger partial charge in [0.05, 0.1) is 0 Å². The van der Waals surface area contributed by atoms with Crippen LogP contribution < -0.4 is 0 Å². The van der Waals surface area contributed by atoms with Crippen LogP contribution in [0.25, 0.3) is 0 Å². The number of hydrogen-bond donors (Lipinski definition) is 0. The monoisotopic (exact) mass is 919 g/mol. The van der Waals surface area contributed by atoms with Crippen LogP contribution in [0.2, 0.25) is 0 Å². The van der Waals surface area contributed by atoms with Crippen LogP contribution in [-0.4, -0.2) is 37.2 Å². The van der Waals surface area contributed by atoms with E-state index in [1.807, 2.05) is 0 Å². The standard InChI is InChI=1S/C59H114O6/c1-6-8-9-10-11-12-13-23-29-34-39-44-49-57(60)63-52-56(65-59(62)51-46-41-36-31-26-25-27-32-37-42-47-54(3)4)53-64-58(61)50-45-40-35-30-24-21-19-17-15-14-16-18-20-22-28-33-38-43-48-55(5)7-2/h54-56H,6-53H2,1-5H3/t55?,56-/m0/s1. The highest BCUT2D eigenvalue weighted by Gasteiger charge is 2.19. The van der Waals surface area contributed by atoms with Crippen LogP contribution in [0.5, 0.6) is 0 Å². The van der Waals surface area contributed by atoms with Gasteiger partial charge >= 0.3 is 17.9 Å². The number of carbonyl (C=O) groups excluding carboxylic acids is 3. The second-order valence-electron chi connectivity index (χ2n) is 21.0. The molecular weight excluding hydrogens is 805 g/mol. The zero-order valence-corrected chi connectivity index (χ0v) is 44.6. The Morgan fingerprint density at radius 2 is 0.585 bits per heavy atom. The van der Waals surface area contributed by atoms with E-state index in [0.717, 1.165) is 69.6 Å². The number of rotatable bonds is 53. The number of unbranched alkanes of at least 4 members (excludes halogenated alkanes) is 37. The highest BCUT2D eigenvalue weighted by Crippen LogP contribution is 2.19. The molecule has 386 valence electrons. The quantitative estimate of drug-likeness (QED) is 0.0344. The molecule has 0 aliphatic rings. The Morgan fingerprint density at radius 3 is 0.877 bits per heavy atom. The highest BCUT2D eigenvalue weighted by molar-refractivity contribution is 5.71. The number of hydrogen-bond acceptors (Lipinski definition) is 6. The predicted octanol–water partition coefficient (Wildman–Crippen LogP) is 19.3. The van der Waals surface area contributed by atoms with Crippen molar-refractivity contribution in [1.29, 1.82) is 0 Å². The van der Waals surface area contributed by atoms with E-state index < -0.39 is 6.10 Å². The van der Waals surface area contributed by atoms with Crippen molar-refractivity contribution < 1.29 is 28.6 Å². The van der Waals surface area contributed by atoms with Crippen molar-refractivity contribution in [2.24, 2.45) is 11.8 Å². The van der Waals surface area contributed by atoms with E-state index in [9.17, 15) is 14.4 Å². The Bertz CT molecular complexity index is 995.